The monoisotopic (exact) mass is 348 g/mol. The Bertz CT molecular complexity index is 746. The Labute approximate surface area is 145 Å². The molecule has 1 heterocycles. The summed E-state index contributed by atoms with van der Waals surface area (Å²) in [7, 11) is -0.837. The zero-order valence-corrected chi connectivity index (χ0v) is 14.2. The van der Waals surface area contributed by atoms with Crippen molar-refractivity contribution in [3.63, 3.8) is 0 Å². The second-order valence-corrected chi connectivity index (χ2v) is 6.01. The molecule has 0 saturated heterocycles. The number of carbonyl (C=O) groups excluding carboxylic acids is 1. The van der Waals surface area contributed by atoms with Crippen molar-refractivity contribution in [2.24, 2.45) is 0 Å². The zero-order valence-electron chi connectivity index (χ0n) is 12.7. The summed E-state index contributed by atoms with van der Waals surface area (Å²) in [6.07, 6.45) is 3.47. The van der Waals surface area contributed by atoms with E-state index < -0.39 is 7.41 Å². The third kappa shape index (κ3) is 4.70. The molecule has 0 radical (unpaired) electrons. The summed E-state index contributed by atoms with van der Waals surface area (Å²) in [4.78, 5) is 12.1. The predicted octanol–water partition coefficient (Wildman–Crippen LogP) is 1.69. The highest BCUT2D eigenvalue weighted by Gasteiger charge is 2.10. The second kappa shape index (κ2) is 7.98. The van der Waals surface area contributed by atoms with Crippen molar-refractivity contribution in [1.29, 1.82) is 5.26 Å². The Morgan fingerprint density at radius 1 is 1.26 bits per heavy atom. The van der Waals surface area contributed by atoms with Crippen molar-refractivity contribution in [2.45, 2.75) is 13.0 Å². The summed E-state index contributed by atoms with van der Waals surface area (Å²) in [6, 6.07) is 8.55. The van der Waals surface area contributed by atoms with Gasteiger partial charge in [-0.15, -0.1) is 0 Å². The van der Waals surface area contributed by atoms with Crippen molar-refractivity contribution < 1.29 is 9.27 Å². The topological polar surface area (TPSA) is 68.8 Å². The minimum absolute atomic E-state index is 0.132. The molecule has 0 fully saturated rings. The van der Waals surface area contributed by atoms with Gasteiger partial charge in [0.2, 0.25) is 0 Å². The summed E-state index contributed by atoms with van der Waals surface area (Å²) < 4.78 is 1.81. The number of hydrogen-bond donors (Lipinski definition) is 2. The molecule has 5 nitrogen and oxygen atoms in total. The molecule has 0 saturated carbocycles. The Hall–Kier alpha value is -2.07. The molecule has 0 bridgehead atoms. The lowest BCUT2D eigenvalue weighted by Gasteiger charge is -2.15. The molecule has 0 aliphatic rings. The van der Waals surface area contributed by atoms with Crippen LogP contribution >= 0.6 is 23.2 Å². The number of benzene rings is 1. The number of rotatable bonds is 5. The molecule has 0 aliphatic heterocycles. The van der Waals surface area contributed by atoms with Gasteiger partial charge in [-0.2, -0.15) is 0 Å². The van der Waals surface area contributed by atoms with Gasteiger partial charge in [0.25, 0.3) is 5.91 Å². The predicted molar refractivity (Wildman–Crippen MR) is 91.7 cm³/mol. The van der Waals surface area contributed by atoms with E-state index >= 15 is 0 Å². The normalized spacial score (nSPS) is 11.6. The summed E-state index contributed by atoms with van der Waals surface area (Å²) >= 11 is 11.9. The lowest BCUT2D eigenvalue weighted by atomic mass is 9.98. The molecule has 1 unspecified atom stereocenters. The molecule has 0 spiro atoms. The zero-order chi connectivity index (χ0) is 16.8. The van der Waals surface area contributed by atoms with Crippen LogP contribution in [0.2, 0.25) is 10.0 Å². The third-order valence-corrected chi connectivity index (χ3v) is 4.18. The van der Waals surface area contributed by atoms with Crippen molar-refractivity contribution in [3.05, 3.63) is 63.9 Å². The van der Waals surface area contributed by atoms with E-state index in [1.807, 2.05) is 17.5 Å². The lowest BCUT2D eigenvalue weighted by molar-refractivity contribution is -0.527. The van der Waals surface area contributed by atoms with Crippen molar-refractivity contribution in [2.75, 3.05) is 0 Å². The molecule has 2 N–H and O–H groups in total. The van der Waals surface area contributed by atoms with Crippen molar-refractivity contribution >= 4 is 36.5 Å². The standard InChI is InChI=1S/C15H15BCl2N4O/c1-10(12-2-3-13(17)14(18)8-12)20-21-15(23)11-4-6-22(7-5-11)16-9-19/h2-8,10,20H,16H2,1H3,(H,21,23). The van der Waals surface area contributed by atoms with Gasteiger partial charge < -0.3 is 4.48 Å². The van der Waals surface area contributed by atoms with Gasteiger partial charge in [-0.3, -0.25) is 10.2 Å². The highest BCUT2D eigenvalue weighted by atomic mass is 35.5. The van der Waals surface area contributed by atoms with E-state index in [0.29, 0.717) is 15.6 Å². The fraction of sp³-hybridized carbons (Fsp3) is 0.133. The van der Waals surface area contributed by atoms with Crippen LogP contribution in [-0.4, -0.2) is 13.3 Å². The Balaban J connectivity index is 1.95. The fourth-order valence-corrected chi connectivity index (χ4v) is 2.33. The first kappa shape index (κ1) is 17.3. The van der Waals surface area contributed by atoms with Gasteiger partial charge in [0.05, 0.1) is 15.6 Å². The van der Waals surface area contributed by atoms with E-state index in [0.717, 1.165) is 5.56 Å². The molecule has 1 amide bonds. The first-order valence-electron chi connectivity index (χ1n) is 7.16. The molecular weight excluding hydrogens is 334 g/mol. The van der Waals surface area contributed by atoms with Gasteiger partial charge in [0.15, 0.2) is 0 Å². The summed E-state index contributed by atoms with van der Waals surface area (Å²) in [5.41, 5.74) is 7.01. The third-order valence-electron chi connectivity index (χ3n) is 3.44. The van der Waals surface area contributed by atoms with E-state index in [-0.39, 0.29) is 11.9 Å². The maximum atomic E-state index is 12.1. The Morgan fingerprint density at radius 2 is 1.96 bits per heavy atom. The largest absolute Gasteiger partial charge is 0.420 e. The number of nitrogens with zero attached hydrogens (tertiary/aromatic N) is 2. The Kier molecular flexibility index (Phi) is 6.00. The molecule has 2 rings (SSSR count). The highest BCUT2D eigenvalue weighted by Crippen LogP contribution is 2.25. The van der Waals surface area contributed by atoms with Crippen LogP contribution in [0.15, 0.2) is 42.7 Å². The van der Waals surface area contributed by atoms with Crippen LogP contribution in [0.25, 0.3) is 0 Å². The number of pyridine rings is 1. The first-order chi connectivity index (χ1) is 11.0. The molecule has 8 heteroatoms. The van der Waals surface area contributed by atoms with Crippen LogP contribution in [0.3, 0.4) is 0 Å². The number of amides is 1. The van der Waals surface area contributed by atoms with Crippen LogP contribution in [0.1, 0.15) is 28.9 Å². The average molecular weight is 349 g/mol. The van der Waals surface area contributed by atoms with Gasteiger partial charge in [0.1, 0.15) is 12.4 Å². The average Bonchev–Trinajstić information content (AvgIpc) is 2.56. The minimum atomic E-state index is -0.837. The van der Waals surface area contributed by atoms with E-state index in [1.54, 1.807) is 36.7 Å². The van der Waals surface area contributed by atoms with Crippen LogP contribution in [0, 0.1) is 11.2 Å². The minimum Gasteiger partial charge on any atom is -0.420 e. The van der Waals surface area contributed by atoms with Gasteiger partial charge in [-0.05, 0) is 24.6 Å². The maximum absolute atomic E-state index is 12.1. The first-order valence-corrected chi connectivity index (χ1v) is 7.91. The molecule has 0 aliphatic carbocycles. The molecular formula is C15H15BCl2N4O. The van der Waals surface area contributed by atoms with Crippen LogP contribution < -0.4 is 15.3 Å². The quantitative estimate of drug-likeness (QED) is 0.638. The number of hydrogen-bond acceptors (Lipinski definition) is 3. The number of nitrogens with one attached hydrogen (secondary N) is 2. The summed E-state index contributed by atoms with van der Waals surface area (Å²) in [5.74, 6) is 1.91. The number of carbonyl (C=O) groups is 1. The van der Waals surface area contributed by atoms with Crippen LogP contribution in [0.5, 0.6) is 0 Å². The highest BCUT2D eigenvalue weighted by molar-refractivity contribution is 6.42. The molecule has 1 aromatic carbocycles. The lowest BCUT2D eigenvalue weighted by Crippen LogP contribution is -2.41. The molecule has 1 aromatic heterocycles. The molecule has 1 atom stereocenters. The summed E-state index contributed by atoms with van der Waals surface area (Å²) in [6.45, 7) is 1.90. The van der Waals surface area contributed by atoms with Gasteiger partial charge in [-0.1, -0.05) is 35.2 Å². The van der Waals surface area contributed by atoms with E-state index in [4.69, 9.17) is 28.5 Å². The smallest absolute Gasteiger partial charge is 0.349 e. The molecule has 23 heavy (non-hydrogen) atoms. The second-order valence-electron chi connectivity index (χ2n) is 5.19. The van der Waals surface area contributed by atoms with Crippen molar-refractivity contribution in [1.82, 2.24) is 10.9 Å². The van der Waals surface area contributed by atoms with Gasteiger partial charge >= 0.3 is 7.41 Å². The van der Waals surface area contributed by atoms with Crippen LogP contribution in [-0.2, 0) is 0 Å². The summed E-state index contributed by atoms with van der Waals surface area (Å²) in [5, 5.41) is 9.63. The number of halogens is 2. The van der Waals surface area contributed by atoms with Gasteiger partial charge in [0, 0.05) is 18.2 Å². The van der Waals surface area contributed by atoms with Crippen molar-refractivity contribution in [3.8, 4) is 5.97 Å². The maximum Gasteiger partial charge on any atom is 0.349 e. The van der Waals surface area contributed by atoms with E-state index in [9.17, 15) is 4.79 Å². The van der Waals surface area contributed by atoms with Gasteiger partial charge in [-0.25, -0.2) is 10.7 Å². The molecule has 2 aromatic rings. The Morgan fingerprint density at radius 3 is 2.57 bits per heavy atom. The van der Waals surface area contributed by atoms with Crippen LogP contribution in [0.4, 0.5) is 0 Å². The van der Waals surface area contributed by atoms with E-state index in [1.165, 1.54) is 0 Å². The number of aromatic nitrogens is 1. The molecule has 118 valence electrons. The fourth-order valence-electron chi connectivity index (χ4n) is 2.03. The van der Waals surface area contributed by atoms with E-state index in [2.05, 4.69) is 16.8 Å². The SMILES string of the molecule is CC(NNC(=O)c1cc[n+]([BH2-]C#N)cc1)c1ccc(Cl)c(Cl)c1. The number of nitriles is 1. The number of hydrazine groups is 1.